The minimum atomic E-state index is -0.899. The van der Waals surface area contributed by atoms with Gasteiger partial charge >= 0.3 is 5.97 Å². The molecule has 12 heavy (non-hydrogen) atoms. The van der Waals surface area contributed by atoms with Crippen molar-refractivity contribution in [1.29, 1.82) is 0 Å². The maximum Gasteiger partial charge on any atom is 0.303 e. The van der Waals surface area contributed by atoms with Crippen LogP contribution in [0.2, 0.25) is 0 Å². The molecule has 5 nitrogen and oxygen atoms in total. The van der Waals surface area contributed by atoms with Crippen molar-refractivity contribution in [1.82, 2.24) is 0 Å². The normalized spacial score (nSPS) is 13.3. The molecule has 0 aliphatic rings. The van der Waals surface area contributed by atoms with Gasteiger partial charge in [0.25, 0.3) is 0 Å². The summed E-state index contributed by atoms with van der Waals surface area (Å²) in [6.45, 7) is 0.235. The molecule has 0 amide bonds. The molecule has 0 rings (SSSR count). The Labute approximate surface area is 71.5 Å². The number of ether oxygens (including phenoxy) is 2. The molecule has 1 atom stereocenters. The second-order valence-corrected chi connectivity index (χ2v) is 2.43. The average Bonchev–Trinajstić information content (AvgIpc) is 2.04. The average molecular weight is 177 g/mol. The van der Waals surface area contributed by atoms with Crippen molar-refractivity contribution in [2.75, 3.05) is 20.8 Å². The minimum absolute atomic E-state index is 0.0388. The third-order valence-electron chi connectivity index (χ3n) is 1.59. The van der Waals surface area contributed by atoms with Crippen molar-refractivity contribution < 1.29 is 19.4 Å². The van der Waals surface area contributed by atoms with E-state index in [2.05, 4.69) is 0 Å². The number of nitrogens with two attached hydrogens (primary N) is 1. The largest absolute Gasteiger partial charge is 0.481 e. The van der Waals surface area contributed by atoms with E-state index < -0.39 is 12.3 Å². The van der Waals surface area contributed by atoms with Gasteiger partial charge in [-0.15, -0.1) is 0 Å². The van der Waals surface area contributed by atoms with Crippen molar-refractivity contribution in [3.05, 3.63) is 0 Å². The van der Waals surface area contributed by atoms with Crippen LogP contribution in [-0.2, 0) is 14.3 Å². The van der Waals surface area contributed by atoms with Crippen LogP contribution in [0.15, 0.2) is 0 Å². The minimum Gasteiger partial charge on any atom is -0.481 e. The molecular weight excluding hydrogens is 162 g/mol. The third kappa shape index (κ3) is 3.66. The third-order valence-corrected chi connectivity index (χ3v) is 1.59. The molecule has 1 unspecified atom stereocenters. The van der Waals surface area contributed by atoms with Gasteiger partial charge in [0.2, 0.25) is 0 Å². The Kier molecular flexibility index (Phi) is 5.61. The first-order valence-electron chi connectivity index (χ1n) is 3.63. The van der Waals surface area contributed by atoms with Crippen molar-refractivity contribution in [3.63, 3.8) is 0 Å². The molecule has 0 fully saturated rings. The molecule has 0 aromatic carbocycles. The SMILES string of the molecule is COC(OC)C(CN)CC(=O)O. The molecule has 3 N–H and O–H groups in total. The van der Waals surface area contributed by atoms with E-state index in [9.17, 15) is 4.79 Å². The highest BCUT2D eigenvalue weighted by atomic mass is 16.7. The molecule has 72 valence electrons. The molecule has 0 saturated carbocycles. The highest BCUT2D eigenvalue weighted by molar-refractivity contribution is 5.67. The Hall–Kier alpha value is -0.650. The first-order valence-corrected chi connectivity index (χ1v) is 3.63. The summed E-state index contributed by atoms with van der Waals surface area (Å²) in [5, 5.41) is 8.49. The molecule has 0 radical (unpaired) electrons. The first kappa shape index (κ1) is 11.4. The summed E-state index contributed by atoms with van der Waals surface area (Å²) < 4.78 is 9.78. The van der Waals surface area contributed by atoms with Gasteiger partial charge in [0, 0.05) is 26.7 Å². The maximum absolute atomic E-state index is 10.3. The Morgan fingerprint density at radius 3 is 2.25 bits per heavy atom. The van der Waals surface area contributed by atoms with Crippen molar-refractivity contribution in [2.45, 2.75) is 12.7 Å². The summed E-state index contributed by atoms with van der Waals surface area (Å²) in [7, 11) is 2.91. The number of carboxylic acid groups (broad SMARTS) is 1. The fourth-order valence-electron chi connectivity index (χ4n) is 0.996. The summed E-state index contributed by atoms with van der Waals surface area (Å²) in [5.41, 5.74) is 5.35. The lowest BCUT2D eigenvalue weighted by atomic mass is 10.1. The maximum atomic E-state index is 10.3. The van der Waals surface area contributed by atoms with Crippen molar-refractivity contribution in [3.8, 4) is 0 Å². The van der Waals surface area contributed by atoms with Gasteiger partial charge in [-0.3, -0.25) is 4.79 Å². The monoisotopic (exact) mass is 177 g/mol. The van der Waals surface area contributed by atoms with E-state index in [1.54, 1.807) is 0 Å². The van der Waals surface area contributed by atoms with Gasteiger partial charge in [0.05, 0.1) is 6.42 Å². The molecule has 0 aliphatic carbocycles. The molecule has 0 aromatic heterocycles. The topological polar surface area (TPSA) is 81.8 Å². The number of hydrogen-bond acceptors (Lipinski definition) is 4. The van der Waals surface area contributed by atoms with Gasteiger partial charge in [0.1, 0.15) is 0 Å². The number of hydrogen-bond donors (Lipinski definition) is 2. The predicted octanol–water partition coefficient (Wildman–Crippen LogP) is -0.345. The van der Waals surface area contributed by atoms with Crippen LogP contribution in [0.5, 0.6) is 0 Å². The Morgan fingerprint density at radius 2 is 2.00 bits per heavy atom. The summed E-state index contributed by atoms with van der Waals surface area (Å²) in [5.74, 6) is -1.19. The fraction of sp³-hybridized carbons (Fsp3) is 0.857. The molecule has 0 bridgehead atoms. The van der Waals surface area contributed by atoms with Crippen LogP contribution in [0.1, 0.15) is 6.42 Å². The number of carboxylic acids is 1. The Balaban J connectivity index is 4.01. The molecule has 0 aliphatic heterocycles. The van der Waals surface area contributed by atoms with Crippen LogP contribution < -0.4 is 5.73 Å². The number of aliphatic carboxylic acids is 1. The van der Waals surface area contributed by atoms with Gasteiger partial charge in [-0.25, -0.2) is 0 Å². The highest BCUT2D eigenvalue weighted by Crippen LogP contribution is 2.10. The summed E-state index contributed by atoms with van der Waals surface area (Å²) >= 11 is 0. The predicted molar refractivity (Wildman–Crippen MR) is 42.6 cm³/mol. The van der Waals surface area contributed by atoms with E-state index in [0.29, 0.717) is 0 Å². The highest BCUT2D eigenvalue weighted by Gasteiger charge is 2.21. The van der Waals surface area contributed by atoms with Crippen molar-refractivity contribution in [2.24, 2.45) is 11.7 Å². The lowest BCUT2D eigenvalue weighted by Gasteiger charge is -2.21. The molecule has 5 heteroatoms. The van der Waals surface area contributed by atoms with E-state index in [1.807, 2.05) is 0 Å². The Morgan fingerprint density at radius 1 is 1.50 bits per heavy atom. The van der Waals surface area contributed by atoms with E-state index in [-0.39, 0.29) is 18.9 Å². The summed E-state index contributed by atoms with van der Waals surface area (Å²) in [6, 6.07) is 0. The van der Waals surface area contributed by atoms with Gasteiger partial charge < -0.3 is 20.3 Å². The van der Waals surface area contributed by atoms with Crippen LogP contribution in [0.4, 0.5) is 0 Å². The van der Waals surface area contributed by atoms with Gasteiger partial charge in [-0.1, -0.05) is 0 Å². The smallest absolute Gasteiger partial charge is 0.303 e. The molecular formula is C7H15NO4. The van der Waals surface area contributed by atoms with E-state index in [4.69, 9.17) is 20.3 Å². The van der Waals surface area contributed by atoms with Crippen LogP contribution in [0, 0.1) is 5.92 Å². The zero-order valence-corrected chi connectivity index (χ0v) is 7.32. The number of carbonyl (C=O) groups is 1. The standard InChI is InChI=1S/C7H15NO4/c1-11-7(12-2)5(4-8)3-6(9)10/h5,7H,3-4,8H2,1-2H3,(H,9,10). The summed E-state index contributed by atoms with van der Waals surface area (Å²) in [6.07, 6.45) is -0.575. The van der Waals surface area contributed by atoms with Crippen molar-refractivity contribution >= 4 is 5.97 Å². The van der Waals surface area contributed by atoms with Crippen LogP contribution in [0.3, 0.4) is 0 Å². The lowest BCUT2D eigenvalue weighted by Crippen LogP contribution is -2.32. The first-order chi connectivity index (χ1) is 5.65. The quantitative estimate of drug-likeness (QED) is 0.542. The van der Waals surface area contributed by atoms with E-state index in [1.165, 1.54) is 14.2 Å². The Bertz CT molecular complexity index is 135. The van der Waals surface area contributed by atoms with Crippen LogP contribution >= 0.6 is 0 Å². The zero-order valence-electron chi connectivity index (χ0n) is 7.32. The summed E-state index contributed by atoms with van der Waals surface area (Å²) in [4.78, 5) is 10.3. The second kappa shape index (κ2) is 5.93. The van der Waals surface area contributed by atoms with Gasteiger partial charge in [0.15, 0.2) is 6.29 Å². The fourth-order valence-corrected chi connectivity index (χ4v) is 0.996. The lowest BCUT2D eigenvalue weighted by molar-refractivity contribution is -0.154. The molecule has 0 spiro atoms. The number of methoxy groups -OCH3 is 2. The van der Waals surface area contributed by atoms with E-state index in [0.717, 1.165) is 0 Å². The van der Waals surface area contributed by atoms with Crippen LogP contribution in [-0.4, -0.2) is 38.1 Å². The number of rotatable bonds is 6. The second-order valence-electron chi connectivity index (χ2n) is 2.43. The molecule has 0 saturated heterocycles. The van der Waals surface area contributed by atoms with Gasteiger partial charge in [-0.05, 0) is 0 Å². The molecule has 0 heterocycles. The van der Waals surface area contributed by atoms with Crippen LogP contribution in [0.25, 0.3) is 0 Å². The van der Waals surface area contributed by atoms with Gasteiger partial charge in [-0.2, -0.15) is 0 Å². The molecule has 0 aromatic rings. The van der Waals surface area contributed by atoms with E-state index >= 15 is 0 Å². The zero-order chi connectivity index (χ0) is 9.56.